The van der Waals surface area contributed by atoms with Crippen LogP contribution in [0.25, 0.3) is 11.0 Å². The zero-order valence-corrected chi connectivity index (χ0v) is 13.1. The topological polar surface area (TPSA) is 39.1 Å². The molecule has 114 valence electrons. The number of ether oxygens (including phenoxy) is 1. The third-order valence-electron chi connectivity index (χ3n) is 4.26. The van der Waals surface area contributed by atoms with Gasteiger partial charge in [0.05, 0.1) is 23.2 Å². The van der Waals surface area contributed by atoms with E-state index in [1.54, 1.807) is 0 Å². The van der Waals surface area contributed by atoms with Gasteiger partial charge < -0.3 is 14.6 Å². The number of imidazole rings is 1. The van der Waals surface area contributed by atoms with Crippen molar-refractivity contribution in [1.29, 1.82) is 0 Å². The summed E-state index contributed by atoms with van der Waals surface area (Å²) in [6.07, 6.45) is 3.44. The molecule has 1 aromatic heterocycles. The molecule has 0 bridgehead atoms. The summed E-state index contributed by atoms with van der Waals surface area (Å²) in [5, 5.41) is 3.54. The average Bonchev–Trinajstić information content (AvgIpc) is 3.05. The van der Waals surface area contributed by atoms with Gasteiger partial charge in [-0.2, -0.15) is 0 Å². The number of para-hydroxylation sites is 2. The highest BCUT2D eigenvalue weighted by Gasteiger charge is 2.29. The predicted octanol–water partition coefficient (Wildman–Crippen LogP) is 3.11. The van der Waals surface area contributed by atoms with Crippen molar-refractivity contribution in [2.45, 2.75) is 51.8 Å². The first-order chi connectivity index (χ1) is 10.2. The summed E-state index contributed by atoms with van der Waals surface area (Å²) >= 11 is 0. The Morgan fingerprint density at radius 3 is 3.00 bits per heavy atom. The second kappa shape index (κ2) is 6.16. The normalized spacial score (nSPS) is 22.2. The standard InChI is InChI=1S/C17H25N3O/c1-3-10-20-15-8-5-4-7-14(15)19-16(20)12-18-13-17(2)9-6-11-21-17/h4-5,7-8,18H,3,6,9-13H2,1-2H3. The fraction of sp³-hybridized carbons (Fsp3) is 0.588. The van der Waals surface area contributed by atoms with Gasteiger partial charge in [0.25, 0.3) is 0 Å². The Kier molecular flexibility index (Phi) is 4.27. The smallest absolute Gasteiger partial charge is 0.123 e. The van der Waals surface area contributed by atoms with Crippen molar-refractivity contribution in [3.05, 3.63) is 30.1 Å². The number of aromatic nitrogens is 2. The van der Waals surface area contributed by atoms with E-state index < -0.39 is 0 Å². The predicted molar refractivity (Wildman–Crippen MR) is 85.3 cm³/mol. The number of fused-ring (bicyclic) bond motifs is 1. The molecular weight excluding hydrogens is 262 g/mol. The van der Waals surface area contributed by atoms with Crippen molar-refractivity contribution >= 4 is 11.0 Å². The minimum absolute atomic E-state index is 0.00159. The first kappa shape index (κ1) is 14.5. The van der Waals surface area contributed by atoms with E-state index in [2.05, 4.69) is 48.0 Å². The van der Waals surface area contributed by atoms with Gasteiger partial charge in [0.1, 0.15) is 5.82 Å². The maximum absolute atomic E-state index is 5.83. The van der Waals surface area contributed by atoms with Gasteiger partial charge in [-0.3, -0.25) is 0 Å². The maximum atomic E-state index is 5.83. The van der Waals surface area contributed by atoms with Crippen LogP contribution in [-0.4, -0.2) is 28.3 Å². The number of rotatable bonds is 6. The van der Waals surface area contributed by atoms with Crippen molar-refractivity contribution in [3.8, 4) is 0 Å². The molecule has 1 saturated heterocycles. The Morgan fingerprint density at radius 1 is 1.38 bits per heavy atom. The SMILES string of the molecule is CCCn1c(CNCC2(C)CCCO2)nc2ccccc21. The monoisotopic (exact) mass is 287 g/mol. The summed E-state index contributed by atoms with van der Waals surface area (Å²) in [5.41, 5.74) is 2.33. The number of hydrogen-bond donors (Lipinski definition) is 1. The van der Waals surface area contributed by atoms with Crippen LogP contribution in [0.3, 0.4) is 0 Å². The van der Waals surface area contributed by atoms with E-state index in [9.17, 15) is 0 Å². The van der Waals surface area contributed by atoms with Crippen LogP contribution >= 0.6 is 0 Å². The molecule has 3 rings (SSSR count). The Morgan fingerprint density at radius 2 is 2.24 bits per heavy atom. The van der Waals surface area contributed by atoms with E-state index in [0.29, 0.717) is 0 Å². The van der Waals surface area contributed by atoms with Gasteiger partial charge in [0.2, 0.25) is 0 Å². The molecule has 0 radical (unpaired) electrons. The molecule has 2 aromatic rings. The molecule has 1 aliphatic rings. The van der Waals surface area contributed by atoms with Gasteiger partial charge in [-0.25, -0.2) is 4.98 Å². The lowest BCUT2D eigenvalue weighted by Gasteiger charge is -2.23. The van der Waals surface area contributed by atoms with Crippen molar-refractivity contribution in [3.63, 3.8) is 0 Å². The van der Waals surface area contributed by atoms with Crippen LogP contribution < -0.4 is 5.32 Å². The Labute approximate surface area is 126 Å². The molecule has 4 heteroatoms. The highest BCUT2D eigenvalue weighted by molar-refractivity contribution is 5.75. The highest BCUT2D eigenvalue weighted by Crippen LogP contribution is 2.24. The molecule has 0 amide bonds. The number of benzene rings is 1. The first-order valence-corrected chi connectivity index (χ1v) is 8.01. The van der Waals surface area contributed by atoms with Crippen molar-refractivity contribution in [2.24, 2.45) is 0 Å². The van der Waals surface area contributed by atoms with Crippen LogP contribution in [0.1, 0.15) is 38.9 Å². The van der Waals surface area contributed by atoms with Gasteiger partial charge in [-0.15, -0.1) is 0 Å². The van der Waals surface area contributed by atoms with Crippen LogP contribution in [0, 0.1) is 0 Å². The summed E-state index contributed by atoms with van der Waals surface area (Å²) in [7, 11) is 0. The van der Waals surface area contributed by atoms with Gasteiger partial charge in [-0.1, -0.05) is 19.1 Å². The number of hydrogen-bond acceptors (Lipinski definition) is 3. The van der Waals surface area contributed by atoms with E-state index >= 15 is 0 Å². The molecule has 1 fully saturated rings. The Balaban J connectivity index is 1.72. The summed E-state index contributed by atoms with van der Waals surface area (Å²) in [4.78, 5) is 4.78. The highest BCUT2D eigenvalue weighted by atomic mass is 16.5. The largest absolute Gasteiger partial charge is 0.374 e. The van der Waals surface area contributed by atoms with Crippen molar-refractivity contribution < 1.29 is 4.74 Å². The van der Waals surface area contributed by atoms with Crippen molar-refractivity contribution in [2.75, 3.05) is 13.2 Å². The van der Waals surface area contributed by atoms with E-state index in [-0.39, 0.29) is 5.60 Å². The molecule has 0 saturated carbocycles. The average molecular weight is 287 g/mol. The summed E-state index contributed by atoms with van der Waals surface area (Å²) in [6.45, 7) is 8.01. The molecular formula is C17H25N3O. The Bertz CT molecular complexity index is 599. The molecule has 1 unspecified atom stereocenters. The molecule has 1 N–H and O–H groups in total. The van der Waals surface area contributed by atoms with E-state index in [0.717, 1.165) is 50.4 Å². The number of nitrogens with one attached hydrogen (secondary N) is 1. The third-order valence-corrected chi connectivity index (χ3v) is 4.26. The van der Waals surface area contributed by atoms with E-state index in [1.165, 1.54) is 11.9 Å². The lowest BCUT2D eigenvalue weighted by atomic mass is 10.0. The zero-order chi connectivity index (χ0) is 14.7. The molecule has 21 heavy (non-hydrogen) atoms. The third kappa shape index (κ3) is 3.11. The molecule has 2 heterocycles. The molecule has 1 aliphatic heterocycles. The molecule has 4 nitrogen and oxygen atoms in total. The van der Waals surface area contributed by atoms with Gasteiger partial charge >= 0.3 is 0 Å². The van der Waals surface area contributed by atoms with E-state index in [1.807, 2.05) is 0 Å². The number of aryl methyl sites for hydroxylation is 1. The quantitative estimate of drug-likeness (QED) is 0.887. The zero-order valence-electron chi connectivity index (χ0n) is 13.1. The fourth-order valence-corrected chi connectivity index (χ4v) is 3.15. The number of nitrogens with zero attached hydrogens (tertiary/aromatic N) is 2. The lowest BCUT2D eigenvalue weighted by Crippen LogP contribution is -2.37. The first-order valence-electron chi connectivity index (χ1n) is 8.01. The van der Waals surface area contributed by atoms with Crippen LogP contribution in [0.5, 0.6) is 0 Å². The second-order valence-electron chi connectivity index (χ2n) is 6.17. The van der Waals surface area contributed by atoms with Crippen LogP contribution in [-0.2, 0) is 17.8 Å². The summed E-state index contributed by atoms with van der Waals surface area (Å²) < 4.78 is 8.16. The molecule has 1 atom stereocenters. The van der Waals surface area contributed by atoms with Gasteiger partial charge in [0.15, 0.2) is 0 Å². The molecule has 0 aliphatic carbocycles. The van der Waals surface area contributed by atoms with Crippen LogP contribution in [0.2, 0.25) is 0 Å². The summed E-state index contributed by atoms with van der Waals surface area (Å²) in [6, 6.07) is 8.38. The van der Waals surface area contributed by atoms with Gasteiger partial charge in [-0.05, 0) is 38.3 Å². The van der Waals surface area contributed by atoms with Crippen LogP contribution in [0.4, 0.5) is 0 Å². The van der Waals surface area contributed by atoms with E-state index in [4.69, 9.17) is 9.72 Å². The minimum atomic E-state index is 0.00159. The van der Waals surface area contributed by atoms with Crippen molar-refractivity contribution in [1.82, 2.24) is 14.9 Å². The molecule has 1 aromatic carbocycles. The van der Waals surface area contributed by atoms with Crippen LogP contribution in [0.15, 0.2) is 24.3 Å². The van der Waals surface area contributed by atoms with Gasteiger partial charge in [0, 0.05) is 19.7 Å². The molecule has 0 spiro atoms. The maximum Gasteiger partial charge on any atom is 0.123 e. The minimum Gasteiger partial charge on any atom is -0.374 e. The lowest BCUT2D eigenvalue weighted by molar-refractivity contribution is 0.0205. The second-order valence-corrected chi connectivity index (χ2v) is 6.17. The fourth-order valence-electron chi connectivity index (χ4n) is 3.15. The Hall–Kier alpha value is -1.39. The summed E-state index contributed by atoms with van der Waals surface area (Å²) in [5.74, 6) is 1.12.